The molecule has 0 spiro atoms. The number of carbonyl (C=O) groups excluding carboxylic acids is 2. The van der Waals surface area contributed by atoms with E-state index >= 15 is 0 Å². The summed E-state index contributed by atoms with van der Waals surface area (Å²) in [6.07, 6.45) is 1.42. The second kappa shape index (κ2) is 20.3. The predicted octanol–water partition coefficient (Wildman–Crippen LogP) is 4.87. The van der Waals surface area contributed by atoms with Gasteiger partial charge in [0.25, 0.3) is 0 Å². The number of ether oxygens (including phenoxy) is 5. The van der Waals surface area contributed by atoms with Gasteiger partial charge in [0.1, 0.15) is 29.5 Å². The molecule has 0 aliphatic carbocycles. The molecule has 1 aliphatic heterocycles. The summed E-state index contributed by atoms with van der Waals surface area (Å²) in [6, 6.07) is 14.6. The summed E-state index contributed by atoms with van der Waals surface area (Å²) < 4.78 is 35.3. The van der Waals surface area contributed by atoms with Crippen molar-refractivity contribution in [1.82, 2.24) is 30.2 Å². The molecule has 0 saturated carbocycles. The number of carbonyl (C=O) groups is 2. The monoisotopic (exact) mass is 748 g/mol. The molecule has 2 amide bonds. The molecular formula is C40H56N6O8. The zero-order valence-electron chi connectivity index (χ0n) is 32.4. The van der Waals surface area contributed by atoms with E-state index in [1.807, 2.05) is 46.8 Å². The Labute approximate surface area is 317 Å². The lowest BCUT2D eigenvalue weighted by molar-refractivity contribution is -0.122. The van der Waals surface area contributed by atoms with Crippen LogP contribution >= 0.6 is 0 Å². The van der Waals surface area contributed by atoms with E-state index in [9.17, 15) is 9.59 Å². The van der Waals surface area contributed by atoms with Gasteiger partial charge >= 0.3 is 6.09 Å². The third-order valence-electron chi connectivity index (χ3n) is 8.91. The van der Waals surface area contributed by atoms with Crippen LogP contribution in [0.2, 0.25) is 0 Å². The van der Waals surface area contributed by atoms with Crippen LogP contribution in [0.25, 0.3) is 22.2 Å². The van der Waals surface area contributed by atoms with Crippen LogP contribution in [0.4, 0.5) is 4.79 Å². The van der Waals surface area contributed by atoms with Crippen molar-refractivity contribution in [3.8, 4) is 16.9 Å². The number of nitrogens with one attached hydrogen (secondary N) is 2. The topological polar surface area (TPSA) is 151 Å². The standard InChI is InChI=1S/C40H56N6O8/c1-29-38(30(2)54-44-29)32-9-12-35-34(28-32)43-36(46(35)18-17-45-19-24-51-25-20-45)13-8-31-6-10-33(11-7-31)52-23-16-41-37(47)14-21-49-26-27-50-22-15-42-39(48)53-40(3,4)5/h6-7,9-12,28H,8,13-27H2,1-5H3,(H,41,47)(H,42,48). The summed E-state index contributed by atoms with van der Waals surface area (Å²) in [6.45, 7) is 17.1. The average Bonchev–Trinajstić information content (AvgIpc) is 3.67. The summed E-state index contributed by atoms with van der Waals surface area (Å²) in [7, 11) is 0. The van der Waals surface area contributed by atoms with Gasteiger partial charge in [-0.15, -0.1) is 0 Å². The molecule has 1 aliphatic rings. The predicted molar refractivity (Wildman–Crippen MR) is 205 cm³/mol. The van der Waals surface area contributed by atoms with Crippen molar-refractivity contribution in [2.45, 2.75) is 66.0 Å². The minimum atomic E-state index is -0.536. The maximum atomic E-state index is 12.2. The molecule has 1 fully saturated rings. The van der Waals surface area contributed by atoms with Crippen molar-refractivity contribution >= 4 is 23.0 Å². The largest absolute Gasteiger partial charge is 0.492 e. The van der Waals surface area contributed by atoms with E-state index < -0.39 is 11.7 Å². The summed E-state index contributed by atoms with van der Waals surface area (Å²) in [5, 5.41) is 9.63. The summed E-state index contributed by atoms with van der Waals surface area (Å²) >= 11 is 0. The van der Waals surface area contributed by atoms with Crippen LogP contribution in [0.3, 0.4) is 0 Å². The first-order chi connectivity index (χ1) is 26.1. The second-order valence-corrected chi connectivity index (χ2v) is 14.3. The summed E-state index contributed by atoms with van der Waals surface area (Å²) in [5.74, 6) is 2.52. The van der Waals surface area contributed by atoms with Crippen molar-refractivity contribution in [3.63, 3.8) is 0 Å². The molecule has 2 N–H and O–H groups in total. The van der Waals surface area contributed by atoms with Gasteiger partial charge in [-0.25, -0.2) is 9.78 Å². The summed E-state index contributed by atoms with van der Waals surface area (Å²) in [4.78, 5) is 31.4. The molecule has 3 heterocycles. The highest BCUT2D eigenvalue weighted by Crippen LogP contribution is 2.30. The molecule has 1 saturated heterocycles. The van der Waals surface area contributed by atoms with Gasteiger partial charge in [-0.2, -0.15) is 0 Å². The highest BCUT2D eigenvalue weighted by Gasteiger charge is 2.18. The van der Waals surface area contributed by atoms with Gasteiger partial charge in [0.15, 0.2) is 0 Å². The zero-order valence-corrected chi connectivity index (χ0v) is 32.4. The Morgan fingerprint density at radius 1 is 0.870 bits per heavy atom. The van der Waals surface area contributed by atoms with Gasteiger partial charge in [0.2, 0.25) is 5.91 Å². The number of aromatic nitrogens is 3. The maximum absolute atomic E-state index is 12.2. The average molecular weight is 749 g/mol. The number of benzene rings is 2. The van der Waals surface area contributed by atoms with Gasteiger partial charge in [-0.05, 0) is 76.4 Å². The minimum Gasteiger partial charge on any atom is -0.492 e. The lowest BCUT2D eigenvalue weighted by atomic mass is 10.0. The van der Waals surface area contributed by atoms with Gasteiger partial charge in [0, 0.05) is 51.1 Å². The molecule has 2 aromatic carbocycles. The SMILES string of the molecule is Cc1noc(C)c1-c1ccc2c(c1)nc(CCc1ccc(OCCNC(=O)CCOCCOCCNC(=O)OC(C)(C)C)cc1)n2CCN1CCOCC1. The molecular weight excluding hydrogens is 692 g/mol. The number of amides is 2. The fourth-order valence-corrected chi connectivity index (χ4v) is 6.22. The smallest absolute Gasteiger partial charge is 0.407 e. The molecule has 0 unspecified atom stereocenters. The Balaban J connectivity index is 1.01. The molecule has 294 valence electrons. The first kappa shape index (κ1) is 40.7. The Morgan fingerprint density at radius 2 is 1.61 bits per heavy atom. The van der Waals surface area contributed by atoms with Crippen LogP contribution in [0, 0.1) is 13.8 Å². The first-order valence-electron chi connectivity index (χ1n) is 18.9. The van der Waals surface area contributed by atoms with E-state index in [4.69, 9.17) is 33.2 Å². The second-order valence-electron chi connectivity index (χ2n) is 14.3. The number of hydrogen-bond donors (Lipinski definition) is 2. The van der Waals surface area contributed by atoms with Crippen LogP contribution in [0.1, 0.15) is 50.0 Å². The Bertz CT molecular complexity index is 1760. The molecule has 14 nitrogen and oxygen atoms in total. The number of fused-ring (bicyclic) bond motifs is 1. The number of nitrogens with zero attached hydrogens (tertiary/aromatic N) is 4. The number of aryl methyl sites for hydroxylation is 4. The Kier molecular flexibility index (Phi) is 15.3. The fourth-order valence-electron chi connectivity index (χ4n) is 6.22. The minimum absolute atomic E-state index is 0.104. The van der Waals surface area contributed by atoms with E-state index in [0.717, 1.165) is 97.4 Å². The van der Waals surface area contributed by atoms with Crippen molar-refractivity contribution in [3.05, 3.63) is 65.3 Å². The quantitative estimate of drug-likeness (QED) is 0.119. The van der Waals surface area contributed by atoms with Crippen molar-refractivity contribution < 1.29 is 37.8 Å². The third-order valence-corrected chi connectivity index (χ3v) is 8.91. The highest BCUT2D eigenvalue weighted by atomic mass is 16.6. The van der Waals surface area contributed by atoms with Crippen molar-refractivity contribution in [1.29, 1.82) is 0 Å². The van der Waals surface area contributed by atoms with E-state index in [-0.39, 0.29) is 12.3 Å². The lowest BCUT2D eigenvalue weighted by Crippen LogP contribution is -2.38. The maximum Gasteiger partial charge on any atom is 0.407 e. The Morgan fingerprint density at radius 3 is 2.33 bits per heavy atom. The molecule has 0 bridgehead atoms. The number of morpholine rings is 1. The number of imidazole rings is 1. The van der Waals surface area contributed by atoms with Gasteiger partial charge in [0.05, 0.1) is 62.9 Å². The normalized spacial score (nSPS) is 13.6. The first-order valence-corrected chi connectivity index (χ1v) is 18.9. The van der Waals surface area contributed by atoms with Crippen molar-refractivity contribution in [2.24, 2.45) is 0 Å². The molecule has 0 atom stereocenters. The zero-order chi connectivity index (χ0) is 38.3. The molecule has 2 aromatic heterocycles. The molecule has 5 rings (SSSR count). The molecule has 0 radical (unpaired) electrons. The lowest BCUT2D eigenvalue weighted by Gasteiger charge is -2.27. The molecule has 4 aromatic rings. The number of hydrogen-bond acceptors (Lipinski definition) is 11. The highest BCUT2D eigenvalue weighted by molar-refractivity contribution is 5.83. The van der Waals surface area contributed by atoms with Gasteiger partial charge in [-0.3, -0.25) is 9.69 Å². The molecule has 14 heteroatoms. The number of rotatable bonds is 20. The number of alkyl carbamates (subject to hydrolysis) is 1. The third kappa shape index (κ3) is 12.8. The van der Waals surface area contributed by atoms with Crippen LogP contribution in [0.5, 0.6) is 5.75 Å². The van der Waals surface area contributed by atoms with Crippen LogP contribution < -0.4 is 15.4 Å². The van der Waals surface area contributed by atoms with E-state index in [2.05, 4.69) is 55.6 Å². The summed E-state index contributed by atoms with van der Waals surface area (Å²) in [5.41, 5.74) is 5.73. The fraction of sp³-hybridized carbons (Fsp3) is 0.550. The van der Waals surface area contributed by atoms with E-state index in [0.29, 0.717) is 46.1 Å². The van der Waals surface area contributed by atoms with Gasteiger partial charge in [-0.1, -0.05) is 23.4 Å². The van der Waals surface area contributed by atoms with Crippen LogP contribution in [-0.2, 0) is 43.1 Å². The van der Waals surface area contributed by atoms with Crippen LogP contribution in [0.15, 0.2) is 47.0 Å². The Hall–Kier alpha value is -4.50. The van der Waals surface area contributed by atoms with Gasteiger partial charge < -0.3 is 43.4 Å². The molecule has 54 heavy (non-hydrogen) atoms. The van der Waals surface area contributed by atoms with E-state index in [1.54, 1.807) is 0 Å². The van der Waals surface area contributed by atoms with E-state index in [1.165, 1.54) is 5.56 Å². The van der Waals surface area contributed by atoms with Crippen molar-refractivity contribution in [2.75, 3.05) is 79.0 Å². The van der Waals surface area contributed by atoms with Crippen LogP contribution in [-0.4, -0.2) is 116 Å².